The van der Waals surface area contributed by atoms with Crippen LogP contribution in [0.3, 0.4) is 0 Å². The number of rotatable bonds is 5. The Kier molecular flexibility index (Phi) is 5.60. The van der Waals surface area contributed by atoms with Crippen LogP contribution in [-0.2, 0) is 14.3 Å². The monoisotopic (exact) mass is 216 g/mol. The van der Waals surface area contributed by atoms with E-state index in [1.807, 2.05) is 18.7 Å². The smallest absolute Gasteiger partial charge is 0.320 e. The molecule has 0 aromatic heterocycles. The number of carbonyl (C=O) groups excluding carboxylic acids is 1. The molecular weight excluding hydrogens is 196 g/mol. The van der Waals surface area contributed by atoms with Crippen molar-refractivity contribution in [3.8, 4) is 0 Å². The van der Waals surface area contributed by atoms with Crippen molar-refractivity contribution >= 4 is 5.97 Å². The number of nitrogens with one attached hydrogen (secondary N) is 1. The Balaban J connectivity index is 2.36. The van der Waals surface area contributed by atoms with E-state index in [4.69, 9.17) is 9.47 Å². The minimum Gasteiger partial charge on any atom is -0.465 e. The quantitative estimate of drug-likeness (QED) is 0.646. The fraction of sp³-hybridized carbons (Fsp3) is 0.900. The molecule has 15 heavy (non-hydrogen) atoms. The van der Waals surface area contributed by atoms with E-state index in [1.165, 1.54) is 0 Å². The molecular formula is C10H20N2O3. The lowest BCUT2D eigenvalue weighted by atomic mass is 10.3. The van der Waals surface area contributed by atoms with Crippen molar-refractivity contribution in [1.29, 1.82) is 0 Å². The minimum atomic E-state index is -0.187. The molecule has 0 aliphatic carbocycles. The number of likely N-dealkylation sites (N-methyl/N-ethyl adjacent to an activating group) is 1. The Morgan fingerprint density at radius 3 is 2.93 bits per heavy atom. The van der Waals surface area contributed by atoms with Crippen LogP contribution in [0.5, 0.6) is 0 Å². The van der Waals surface area contributed by atoms with E-state index < -0.39 is 0 Å². The summed E-state index contributed by atoms with van der Waals surface area (Å²) in [5.74, 6) is -0.187. The molecule has 1 N–H and O–H groups in total. The van der Waals surface area contributed by atoms with Crippen molar-refractivity contribution in [2.45, 2.75) is 20.1 Å². The minimum absolute atomic E-state index is 0.00634. The Labute approximate surface area is 90.7 Å². The topological polar surface area (TPSA) is 50.8 Å². The zero-order valence-corrected chi connectivity index (χ0v) is 9.49. The SMILES string of the molecule is CCOC(=O)CN(CC)C1CNCCO1. The van der Waals surface area contributed by atoms with E-state index in [1.54, 1.807) is 0 Å². The van der Waals surface area contributed by atoms with Gasteiger partial charge in [-0.3, -0.25) is 9.69 Å². The average molecular weight is 216 g/mol. The molecule has 1 unspecified atom stereocenters. The van der Waals surface area contributed by atoms with Crippen molar-refractivity contribution in [1.82, 2.24) is 10.2 Å². The van der Waals surface area contributed by atoms with Gasteiger partial charge in [0.1, 0.15) is 6.23 Å². The summed E-state index contributed by atoms with van der Waals surface area (Å²) in [6.45, 7) is 7.69. The van der Waals surface area contributed by atoms with E-state index in [9.17, 15) is 4.79 Å². The second kappa shape index (κ2) is 6.76. The van der Waals surface area contributed by atoms with Crippen LogP contribution in [0.15, 0.2) is 0 Å². The van der Waals surface area contributed by atoms with E-state index in [-0.39, 0.29) is 12.2 Å². The lowest BCUT2D eigenvalue weighted by Crippen LogP contribution is -2.50. The molecule has 1 atom stereocenters. The molecule has 1 rings (SSSR count). The van der Waals surface area contributed by atoms with Gasteiger partial charge in [-0.1, -0.05) is 6.92 Å². The summed E-state index contributed by atoms with van der Waals surface area (Å²) in [5.41, 5.74) is 0. The molecule has 0 saturated carbocycles. The van der Waals surface area contributed by atoms with Crippen LogP contribution in [0.4, 0.5) is 0 Å². The van der Waals surface area contributed by atoms with Crippen molar-refractivity contribution < 1.29 is 14.3 Å². The van der Waals surface area contributed by atoms with Crippen LogP contribution in [0.25, 0.3) is 0 Å². The third-order valence-corrected chi connectivity index (χ3v) is 2.36. The van der Waals surface area contributed by atoms with Gasteiger partial charge in [-0.05, 0) is 13.5 Å². The molecule has 0 bridgehead atoms. The molecule has 0 aromatic carbocycles. The number of hydrogen-bond donors (Lipinski definition) is 1. The standard InChI is InChI=1S/C10H20N2O3/c1-3-12(8-10(13)14-4-2)9-7-11-5-6-15-9/h9,11H,3-8H2,1-2H3. The maximum atomic E-state index is 11.3. The number of carbonyl (C=O) groups is 1. The second-order valence-electron chi connectivity index (χ2n) is 3.40. The zero-order valence-electron chi connectivity index (χ0n) is 9.49. The normalized spacial score (nSPS) is 21.7. The predicted molar refractivity (Wildman–Crippen MR) is 56.5 cm³/mol. The predicted octanol–water partition coefficient (Wildman–Crippen LogP) is -0.183. The van der Waals surface area contributed by atoms with Gasteiger partial charge < -0.3 is 14.8 Å². The number of ether oxygens (including phenoxy) is 2. The number of esters is 1. The van der Waals surface area contributed by atoms with Crippen LogP contribution in [0.1, 0.15) is 13.8 Å². The van der Waals surface area contributed by atoms with Crippen molar-refractivity contribution in [2.24, 2.45) is 0 Å². The fourth-order valence-corrected chi connectivity index (χ4v) is 1.58. The Hall–Kier alpha value is -0.650. The zero-order chi connectivity index (χ0) is 11.1. The van der Waals surface area contributed by atoms with Crippen LogP contribution in [0, 0.1) is 0 Å². The summed E-state index contributed by atoms with van der Waals surface area (Å²) in [6, 6.07) is 0. The van der Waals surface area contributed by atoms with Crippen molar-refractivity contribution in [3.05, 3.63) is 0 Å². The second-order valence-corrected chi connectivity index (χ2v) is 3.40. The van der Waals surface area contributed by atoms with Crippen LogP contribution in [-0.4, -0.2) is 56.5 Å². The summed E-state index contributed by atoms with van der Waals surface area (Å²) in [7, 11) is 0. The summed E-state index contributed by atoms with van der Waals surface area (Å²) in [5, 5.41) is 3.24. The van der Waals surface area contributed by atoms with Crippen molar-refractivity contribution in [3.63, 3.8) is 0 Å². The maximum Gasteiger partial charge on any atom is 0.320 e. The Bertz CT molecular complexity index is 193. The maximum absolute atomic E-state index is 11.3. The summed E-state index contributed by atoms with van der Waals surface area (Å²) in [4.78, 5) is 13.3. The molecule has 5 nitrogen and oxygen atoms in total. The molecule has 0 radical (unpaired) electrons. The van der Waals surface area contributed by atoms with Crippen LogP contribution < -0.4 is 5.32 Å². The van der Waals surface area contributed by atoms with Gasteiger partial charge in [0.25, 0.3) is 0 Å². The van der Waals surface area contributed by atoms with E-state index in [2.05, 4.69) is 5.32 Å². The first kappa shape index (κ1) is 12.4. The third kappa shape index (κ3) is 4.15. The Morgan fingerprint density at radius 1 is 1.60 bits per heavy atom. The molecule has 88 valence electrons. The first-order valence-corrected chi connectivity index (χ1v) is 5.50. The van der Waals surface area contributed by atoms with Gasteiger partial charge in [0.2, 0.25) is 0 Å². The Morgan fingerprint density at radius 2 is 2.40 bits per heavy atom. The highest BCUT2D eigenvalue weighted by atomic mass is 16.5. The first-order valence-electron chi connectivity index (χ1n) is 5.50. The molecule has 0 aromatic rings. The molecule has 0 spiro atoms. The highest BCUT2D eigenvalue weighted by Gasteiger charge is 2.22. The number of nitrogens with zero attached hydrogens (tertiary/aromatic N) is 1. The van der Waals surface area contributed by atoms with E-state index in [0.29, 0.717) is 19.8 Å². The molecule has 1 saturated heterocycles. The van der Waals surface area contributed by atoms with Gasteiger partial charge in [0.15, 0.2) is 0 Å². The van der Waals surface area contributed by atoms with Gasteiger partial charge in [-0.25, -0.2) is 0 Å². The van der Waals surface area contributed by atoms with Gasteiger partial charge >= 0.3 is 5.97 Å². The first-order chi connectivity index (χ1) is 7.27. The average Bonchev–Trinajstić information content (AvgIpc) is 2.27. The highest BCUT2D eigenvalue weighted by Crippen LogP contribution is 2.04. The molecule has 1 aliphatic heterocycles. The summed E-state index contributed by atoms with van der Waals surface area (Å²) >= 11 is 0. The molecule has 1 heterocycles. The molecule has 0 amide bonds. The number of hydrogen-bond acceptors (Lipinski definition) is 5. The van der Waals surface area contributed by atoms with Gasteiger partial charge in [-0.15, -0.1) is 0 Å². The van der Waals surface area contributed by atoms with E-state index >= 15 is 0 Å². The lowest BCUT2D eigenvalue weighted by molar-refractivity contribution is -0.150. The van der Waals surface area contributed by atoms with Crippen molar-refractivity contribution in [2.75, 3.05) is 39.4 Å². The summed E-state index contributed by atoms with van der Waals surface area (Å²) in [6.07, 6.45) is -0.00634. The molecule has 5 heteroatoms. The van der Waals surface area contributed by atoms with Crippen LogP contribution in [0.2, 0.25) is 0 Å². The van der Waals surface area contributed by atoms with Gasteiger partial charge in [-0.2, -0.15) is 0 Å². The molecule has 1 aliphatic rings. The fourth-order valence-electron chi connectivity index (χ4n) is 1.58. The van der Waals surface area contributed by atoms with Gasteiger partial charge in [0.05, 0.1) is 19.8 Å². The third-order valence-electron chi connectivity index (χ3n) is 2.36. The molecule has 1 fully saturated rings. The highest BCUT2D eigenvalue weighted by molar-refractivity contribution is 5.71. The van der Waals surface area contributed by atoms with Crippen LogP contribution >= 0.6 is 0 Å². The number of morpholine rings is 1. The van der Waals surface area contributed by atoms with E-state index in [0.717, 1.165) is 19.6 Å². The summed E-state index contributed by atoms with van der Waals surface area (Å²) < 4.78 is 10.5. The lowest BCUT2D eigenvalue weighted by Gasteiger charge is -2.32. The van der Waals surface area contributed by atoms with Gasteiger partial charge in [0, 0.05) is 13.1 Å². The largest absolute Gasteiger partial charge is 0.465 e.